The molecule has 156 valence electrons. The lowest BCUT2D eigenvalue weighted by molar-refractivity contribution is -0.365. The number of rotatable bonds is 5. The zero-order chi connectivity index (χ0) is 20.7. The fourth-order valence-corrected chi connectivity index (χ4v) is 3.61. The molecule has 6 nitrogen and oxygen atoms in total. The molecule has 0 amide bonds. The molecule has 30 heavy (non-hydrogen) atoms. The predicted octanol–water partition coefficient (Wildman–Crippen LogP) is 4.07. The van der Waals surface area contributed by atoms with Gasteiger partial charge in [-0.05, 0) is 30.9 Å². The summed E-state index contributed by atoms with van der Waals surface area (Å²) in [6, 6.07) is 8.70. The molecule has 0 radical (unpaired) electrons. The average Bonchev–Trinajstić information content (AvgIpc) is 3.45. The van der Waals surface area contributed by atoms with Gasteiger partial charge in [0.05, 0.1) is 12.1 Å². The lowest BCUT2D eigenvalue weighted by Gasteiger charge is -2.30. The largest absolute Gasteiger partial charge is 0.491 e. The molecule has 1 aliphatic carbocycles. The number of halogens is 3. The molecule has 9 heteroatoms. The fourth-order valence-electron chi connectivity index (χ4n) is 3.61. The van der Waals surface area contributed by atoms with E-state index in [0.29, 0.717) is 24.9 Å². The number of aliphatic imine (C=N–C) groups is 1. The Bertz CT molecular complexity index is 1090. The number of aromatic nitrogens is 3. The standard InChI is InChI=1S/C21H19F3N4O2/c22-21(23,24)18-7-14-19(26-11-27-20(14)28-18)25-8-15-13-3-1-2-4-16(13)30-10-17(15)29-9-12-5-6-12/h1-4,7-8,11-12,15,17H,5-6,9-10H2,(H,26,27,28)/p+1/b25-8+/t15?,17-/m0/s1. The number of aromatic amines is 2. The molecule has 1 aromatic carbocycles. The van der Waals surface area contributed by atoms with Crippen LogP contribution in [-0.2, 0) is 10.9 Å². The Morgan fingerprint density at radius 1 is 1.30 bits per heavy atom. The summed E-state index contributed by atoms with van der Waals surface area (Å²) in [6.07, 6.45) is 0.723. The van der Waals surface area contributed by atoms with Gasteiger partial charge >= 0.3 is 6.18 Å². The van der Waals surface area contributed by atoms with Crippen LogP contribution in [0.15, 0.2) is 41.7 Å². The van der Waals surface area contributed by atoms with E-state index in [-0.39, 0.29) is 23.1 Å². The van der Waals surface area contributed by atoms with E-state index in [1.807, 2.05) is 24.3 Å². The minimum atomic E-state index is -4.48. The molecule has 2 N–H and O–H groups in total. The van der Waals surface area contributed by atoms with Crippen molar-refractivity contribution in [1.29, 1.82) is 0 Å². The predicted molar refractivity (Wildman–Crippen MR) is 103 cm³/mol. The van der Waals surface area contributed by atoms with Gasteiger partial charge < -0.3 is 14.5 Å². The Kier molecular flexibility index (Phi) is 4.69. The molecule has 1 aliphatic heterocycles. The number of nitrogens with one attached hydrogen (secondary N) is 2. The number of benzene rings is 1. The topological polar surface area (TPSA) is 73.6 Å². The van der Waals surface area contributed by atoms with Crippen molar-refractivity contribution in [3.8, 4) is 5.75 Å². The second-order valence-corrected chi connectivity index (χ2v) is 7.66. The van der Waals surface area contributed by atoms with E-state index < -0.39 is 11.9 Å². The van der Waals surface area contributed by atoms with Gasteiger partial charge in [0.25, 0.3) is 5.82 Å². The Labute approximate surface area is 170 Å². The van der Waals surface area contributed by atoms with E-state index in [9.17, 15) is 13.2 Å². The molecule has 1 fully saturated rings. The number of alkyl halides is 3. The monoisotopic (exact) mass is 417 g/mol. The number of hydrogen-bond donors (Lipinski definition) is 1. The molecule has 5 rings (SSSR count). The molecule has 0 spiro atoms. The Hall–Kier alpha value is -2.94. The molecule has 2 aliphatic rings. The van der Waals surface area contributed by atoms with Gasteiger partial charge in [-0.25, -0.2) is 4.98 Å². The van der Waals surface area contributed by atoms with E-state index in [0.717, 1.165) is 17.4 Å². The van der Waals surface area contributed by atoms with Gasteiger partial charge in [-0.15, -0.1) is 4.99 Å². The lowest BCUT2D eigenvalue weighted by atomic mass is 9.91. The van der Waals surface area contributed by atoms with Crippen LogP contribution in [0, 0.1) is 5.92 Å². The van der Waals surface area contributed by atoms with E-state index in [2.05, 4.69) is 19.9 Å². The Balaban J connectivity index is 1.48. The highest BCUT2D eigenvalue weighted by Gasteiger charge is 2.35. The summed E-state index contributed by atoms with van der Waals surface area (Å²) < 4.78 is 51.2. The van der Waals surface area contributed by atoms with E-state index in [1.165, 1.54) is 19.2 Å². The molecule has 1 unspecified atom stereocenters. The first-order chi connectivity index (χ1) is 14.5. The van der Waals surface area contributed by atoms with Crippen molar-refractivity contribution in [2.75, 3.05) is 13.2 Å². The number of H-pyrrole nitrogens is 2. The number of fused-ring (bicyclic) bond motifs is 2. The number of para-hydroxylation sites is 1. The fraction of sp³-hybridized carbons (Fsp3) is 0.381. The third-order valence-corrected chi connectivity index (χ3v) is 5.44. The molecule has 3 aromatic rings. The molecule has 2 atom stereocenters. The third-order valence-electron chi connectivity index (χ3n) is 5.44. The van der Waals surface area contributed by atoms with Crippen molar-refractivity contribution in [2.24, 2.45) is 10.9 Å². The molecular formula is C21H20F3N4O2+. The van der Waals surface area contributed by atoms with Gasteiger partial charge in [0.1, 0.15) is 29.5 Å². The van der Waals surface area contributed by atoms with Crippen LogP contribution >= 0.6 is 0 Å². The van der Waals surface area contributed by atoms with E-state index >= 15 is 0 Å². The molecule has 0 saturated heterocycles. The summed E-state index contributed by atoms with van der Waals surface area (Å²) in [5.41, 5.74) is 0.217. The van der Waals surface area contributed by atoms with Gasteiger partial charge in [0, 0.05) is 12.2 Å². The van der Waals surface area contributed by atoms with Gasteiger partial charge in [0.2, 0.25) is 12.0 Å². The molecular weight excluding hydrogens is 397 g/mol. The van der Waals surface area contributed by atoms with Crippen LogP contribution in [0.2, 0.25) is 0 Å². The van der Waals surface area contributed by atoms with Crippen LogP contribution in [-0.4, -0.2) is 35.5 Å². The van der Waals surface area contributed by atoms with Crippen molar-refractivity contribution in [3.63, 3.8) is 0 Å². The van der Waals surface area contributed by atoms with Crippen LogP contribution < -0.4 is 9.72 Å². The first kappa shape index (κ1) is 19.0. The van der Waals surface area contributed by atoms with Crippen molar-refractivity contribution >= 4 is 23.1 Å². The average molecular weight is 417 g/mol. The second-order valence-electron chi connectivity index (χ2n) is 7.66. The zero-order valence-electron chi connectivity index (χ0n) is 15.9. The maximum absolute atomic E-state index is 13.1. The van der Waals surface area contributed by atoms with Crippen LogP contribution in [0.1, 0.15) is 30.0 Å². The quantitative estimate of drug-likeness (QED) is 0.636. The summed E-state index contributed by atoms with van der Waals surface area (Å²) in [7, 11) is 0. The van der Waals surface area contributed by atoms with Crippen molar-refractivity contribution < 1.29 is 27.6 Å². The minimum absolute atomic E-state index is 0.127. The third kappa shape index (κ3) is 3.77. The molecule has 3 heterocycles. The van der Waals surface area contributed by atoms with Gasteiger partial charge in [-0.3, -0.25) is 0 Å². The van der Waals surface area contributed by atoms with Crippen LogP contribution in [0.4, 0.5) is 19.0 Å². The van der Waals surface area contributed by atoms with Crippen LogP contribution in [0.5, 0.6) is 5.75 Å². The summed E-state index contributed by atoms with van der Waals surface area (Å²) in [5.74, 6) is 1.50. The highest BCUT2D eigenvalue weighted by molar-refractivity contribution is 5.87. The first-order valence-electron chi connectivity index (χ1n) is 9.83. The number of hydrogen-bond acceptors (Lipinski definition) is 4. The van der Waals surface area contributed by atoms with Gasteiger partial charge in [-0.1, -0.05) is 23.2 Å². The summed E-state index contributed by atoms with van der Waals surface area (Å²) >= 11 is 0. The van der Waals surface area contributed by atoms with E-state index in [4.69, 9.17) is 9.47 Å². The van der Waals surface area contributed by atoms with Crippen molar-refractivity contribution in [1.82, 2.24) is 9.97 Å². The normalized spacial score (nSPS) is 21.7. The number of ether oxygens (including phenoxy) is 2. The maximum atomic E-state index is 13.1. The second kappa shape index (κ2) is 7.39. The van der Waals surface area contributed by atoms with Gasteiger partial charge in [-0.2, -0.15) is 13.2 Å². The van der Waals surface area contributed by atoms with E-state index in [1.54, 1.807) is 6.21 Å². The Morgan fingerprint density at radius 3 is 2.93 bits per heavy atom. The summed E-state index contributed by atoms with van der Waals surface area (Å²) in [6.45, 7) is 1.08. The smallest absolute Gasteiger partial charge is 0.431 e. The minimum Gasteiger partial charge on any atom is -0.491 e. The first-order valence-corrected chi connectivity index (χ1v) is 9.83. The molecule has 1 saturated carbocycles. The van der Waals surface area contributed by atoms with Crippen molar-refractivity contribution in [3.05, 3.63) is 47.9 Å². The van der Waals surface area contributed by atoms with Crippen LogP contribution in [0.25, 0.3) is 11.0 Å². The zero-order valence-corrected chi connectivity index (χ0v) is 15.9. The Morgan fingerprint density at radius 2 is 2.13 bits per heavy atom. The van der Waals surface area contributed by atoms with Crippen LogP contribution in [0.3, 0.4) is 0 Å². The highest BCUT2D eigenvalue weighted by Crippen LogP contribution is 2.37. The SMILES string of the molecule is FC(F)(F)c1cc2c(/N=C/C3c4ccccc4OC[C@@H]3OCC3CC3)[nH+]cnc2[nH]1. The molecule has 2 aromatic heterocycles. The highest BCUT2D eigenvalue weighted by atomic mass is 19.4. The lowest BCUT2D eigenvalue weighted by Crippen LogP contribution is -2.34. The summed E-state index contributed by atoms with van der Waals surface area (Å²) in [4.78, 5) is 13.6. The van der Waals surface area contributed by atoms with Crippen molar-refractivity contribution in [2.45, 2.75) is 31.0 Å². The summed E-state index contributed by atoms with van der Waals surface area (Å²) in [5, 5.41) is 0.275. The molecule has 0 bridgehead atoms. The number of nitrogens with zero attached hydrogens (tertiary/aromatic N) is 2. The maximum Gasteiger partial charge on any atom is 0.431 e. The van der Waals surface area contributed by atoms with Gasteiger partial charge in [0.15, 0.2) is 0 Å².